The van der Waals surface area contributed by atoms with E-state index >= 15 is 0 Å². The molecule has 0 aliphatic carbocycles. The van der Waals surface area contributed by atoms with Crippen LogP contribution in [-0.4, -0.2) is 13.2 Å². The lowest BCUT2D eigenvalue weighted by Crippen LogP contribution is -1.99. The molecule has 0 aliphatic heterocycles. The second-order valence-corrected chi connectivity index (χ2v) is 2.70. The Kier molecular flexibility index (Phi) is 4.06. The molecule has 3 nitrogen and oxygen atoms in total. The van der Waals surface area contributed by atoms with Crippen LogP contribution in [-0.2, 0) is 0 Å². The van der Waals surface area contributed by atoms with Crippen LogP contribution in [0.5, 0.6) is 11.5 Å². The van der Waals surface area contributed by atoms with Crippen LogP contribution in [0.15, 0.2) is 18.2 Å². The zero-order valence-corrected chi connectivity index (χ0v) is 8.49. The minimum absolute atomic E-state index is 0.186. The van der Waals surface area contributed by atoms with Gasteiger partial charge in [-0.25, -0.2) is 0 Å². The second kappa shape index (κ2) is 5.57. The van der Waals surface area contributed by atoms with Crippen molar-refractivity contribution < 1.29 is 9.47 Å². The summed E-state index contributed by atoms with van der Waals surface area (Å²) < 4.78 is 10.6. The van der Waals surface area contributed by atoms with Gasteiger partial charge in [-0.1, -0.05) is 5.92 Å². The van der Waals surface area contributed by atoms with Crippen molar-refractivity contribution in [1.82, 2.24) is 0 Å². The van der Waals surface area contributed by atoms with Crippen molar-refractivity contribution in [2.75, 3.05) is 13.2 Å². The SMILES string of the molecule is C#CCOc1ccc(C#N)cc1OCC. The summed E-state index contributed by atoms with van der Waals surface area (Å²) in [4.78, 5) is 0. The molecule has 1 rings (SSSR count). The number of rotatable bonds is 4. The molecule has 76 valence electrons. The maximum atomic E-state index is 8.72. The number of ether oxygens (including phenoxy) is 2. The zero-order valence-electron chi connectivity index (χ0n) is 8.49. The van der Waals surface area contributed by atoms with Crippen LogP contribution >= 0.6 is 0 Å². The van der Waals surface area contributed by atoms with Gasteiger partial charge in [0.1, 0.15) is 6.61 Å². The van der Waals surface area contributed by atoms with Crippen molar-refractivity contribution in [2.24, 2.45) is 0 Å². The highest BCUT2D eigenvalue weighted by molar-refractivity contribution is 5.46. The van der Waals surface area contributed by atoms with Gasteiger partial charge in [-0.2, -0.15) is 5.26 Å². The van der Waals surface area contributed by atoms with Gasteiger partial charge in [-0.3, -0.25) is 0 Å². The summed E-state index contributed by atoms with van der Waals surface area (Å²) in [6, 6.07) is 7.01. The molecule has 0 fully saturated rings. The topological polar surface area (TPSA) is 42.2 Å². The van der Waals surface area contributed by atoms with Gasteiger partial charge in [0.2, 0.25) is 0 Å². The molecule has 0 bridgehead atoms. The number of terminal acetylenes is 1. The molecule has 15 heavy (non-hydrogen) atoms. The molecule has 0 spiro atoms. The first kappa shape index (κ1) is 10.9. The van der Waals surface area contributed by atoms with Crippen molar-refractivity contribution in [3.8, 4) is 29.9 Å². The molecule has 0 amide bonds. The van der Waals surface area contributed by atoms with E-state index in [0.717, 1.165) is 0 Å². The molecule has 1 aromatic carbocycles. The smallest absolute Gasteiger partial charge is 0.162 e. The van der Waals surface area contributed by atoms with Gasteiger partial charge in [-0.15, -0.1) is 6.42 Å². The average Bonchev–Trinajstić information content (AvgIpc) is 2.27. The lowest BCUT2D eigenvalue weighted by atomic mass is 10.2. The summed E-state index contributed by atoms with van der Waals surface area (Å²) in [5.41, 5.74) is 0.534. The summed E-state index contributed by atoms with van der Waals surface area (Å²) >= 11 is 0. The summed E-state index contributed by atoms with van der Waals surface area (Å²) in [5, 5.41) is 8.72. The zero-order chi connectivity index (χ0) is 11.1. The predicted octanol–water partition coefficient (Wildman–Crippen LogP) is 1.97. The van der Waals surface area contributed by atoms with Gasteiger partial charge < -0.3 is 9.47 Å². The van der Waals surface area contributed by atoms with Gasteiger partial charge in [0.15, 0.2) is 11.5 Å². The summed E-state index contributed by atoms with van der Waals surface area (Å²) in [6.45, 7) is 2.57. The van der Waals surface area contributed by atoms with Crippen molar-refractivity contribution in [1.29, 1.82) is 5.26 Å². The third kappa shape index (κ3) is 2.93. The highest BCUT2D eigenvalue weighted by Gasteiger charge is 2.05. The first-order valence-corrected chi connectivity index (χ1v) is 4.55. The normalized spacial score (nSPS) is 8.73. The molecule has 0 atom stereocenters. The molecule has 0 aromatic heterocycles. The van der Waals surface area contributed by atoms with Gasteiger partial charge in [-0.05, 0) is 19.1 Å². The Morgan fingerprint density at radius 3 is 2.73 bits per heavy atom. The first-order valence-electron chi connectivity index (χ1n) is 4.55. The standard InChI is InChI=1S/C12H11NO2/c1-3-7-15-11-6-5-10(9-13)8-12(11)14-4-2/h1,5-6,8H,4,7H2,2H3. The summed E-state index contributed by atoms with van der Waals surface area (Å²) in [6.07, 6.45) is 5.09. The van der Waals surface area contributed by atoms with Crippen LogP contribution in [0.25, 0.3) is 0 Å². The van der Waals surface area contributed by atoms with Crippen LogP contribution < -0.4 is 9.47 Å². The third-order valence-electron chi connectivity index (χ3n) is 1.68. The molecule has 0 saturated carbocycles. The minimum atomic E-state index is 0.186. The Labute approximate surface area is 89.2 Å². The van der Waals surface area contributed by atoms with Gasteiger partial charge >= 0.3 is 0 Å². The summed E-state index contributed by atoms with van der Waals surface area (Å²) in [7, 11) is 0. The Hall–Kier alpha value is -2.13. The quantitative estimate of drug-likeness (QED) is 0.699. The highest BCUT2D eigenvalue weighted by Crippen LogP contribution is 2.28. The molecular weight excluding hydrogens is 190 g/mol. The van der Waals surface area contributed by atoms with E-state index in [0.29, 0.717) is 23.7 Å². The maximum Gasteiger partial charge on any atom is 0.162 e. The molecule has 0 aliphatic rings. The molecule has 0 heterocycles. The van der Waals surface area contributed by atoms with E-state index in [2.05, 4.69) is 5.92 Å². The van der Waals surface area contributed by atoms with Crippen molar-refractivity contribution in [2.45, 2.75) is 6.92 Å². The lowest BCUT2D eigenvalue weighted by Gasteiger charge is -2.09. The minimum Gasteiger partial charge on any atom is -0.490 e. The Morgan fingerprint density at radius 2 is 2.13 bits per heavy atom. The molecule has 0 N–H and O–H groups in total. The van der Waals surface area contributed by atoms with E-state index in [-0.39, 0.29) is 6.61 Å². The third-order valence-corrected chi connectivity index (χ3v) is 1.68. The molecule has 1 aromatic rings. The number of hydrogen-bond donors (Lipinski definition) is 0. The van der Waals surface area contributed by atoms with E-state index in [1.54, 1.807) is 18.2 Å². The van der Waals surface area contributed by atoms with Crippen LogP contribution in [0.2, 0.25) is 0 Å². The van der Waals surface area contributed by atoms with Crippen molar-refractivity contribution in [3.05, 3.63) is 23.8 Å². The number of hydrogen-bond acceptors (Lipinski definition) is 3. The largest absolute Gasteiger partial charge is 0.490 e. The average molecular weight is 201 g/mol. The van der Waals surface area contributed by atoms with Crippen LogP contribution in [0.1, 0.15) is 12.5 Å². The van der Waals surface area contributed by atoms with Crippen LogP contribution in [0.3, 0.4) is 0 Å². The fourth-order valence-corrected chi connectivity index (χ4v) is 1.08. The fraction of sp³-hybridized carbons (Fsp3) is 0.250. The van der Waals surface area contributed by atoms with E-state index in [1.807, 2.05) is 13.0 Å². The van der Waals surface area contributed by atoms with E-state index in [9.17, 15) is 0 Å². The lowest BCUT2D eigenvalue weighted by molar-refractivity contribution is 0.299. The number of benzene rings is 1. The Balaban J connectivity index is 2.95. The van der Waals surface area contributed by atoms with E-state index in [1.165, 1.54) is 0 Å². The highest BCUT2D eigenvalue weighted by atomic mass is 16.5. The first-order chi connectivity index (χ1) is 7.31. The van der Waals surface area contributed by atoms with Gasteiger partial charge in [0.05, 0.1) is 18.2 Å². The fourth-order valence-electron chi connectivity index (χ4n) is 1.08. The van der Waals surface area contributed by atoms with Gasteiger partial charge in [0.25, 0.3) is 0 Å². The molecule has 0 saturated heterocycles. The second-order valence-electron chi connectivity index (χ2n) is 2.70. The molecule has 3 heteroatoms. The van der Waals surface area contributed by atoms with Gasteiger partial charge in [0, 0.05) is 6.07 Å². The van der Waals surface area contributed by atoms with E-state index < -0.39 is 0 Å². The molecule has 0 radical (unpaired) electrons. The van der Waals surface area contributed by atoms with Crippen LogP contribution in [0.4, 0.5) is 0 Å². The maximum absolute atomic E-state index is 8.72. The number of nitriles is 1. The Morgan fingerprint density at radius 1 is 1.33 bits per heavy atom. The van der Waals surface area contributed by atoms with Crippen molar-refractivity contribution >= 4 is 0 Å². The molecular formula is C12H11NO2. The monoisotopic (exact) mass is 201 g/mol. The summed E-state index contributed by atoms with van der Waals surface area (Å²) in [5.74, 6) is 3.48. The Bertz CT molecular complexity index is 413. The number of nitrogens with zero attached hydrogens (tertiary/aromatic N) is 1. The van der Waals surface area contributed by atoms with E-state index in [4.69, 9.17) is 21.2 Å². The van der Waals surface area contributed by atoms with Crippen LogP contribution in [0, 0.1) is 23.7 Å². The predicted molar refractivity (Wildman–Crippen MR) is 56.7 cm³/mol. The molecule has 0 unspecified atom stereocenters. The van der Waals surface area contributed by atoms with Crippen molar-refractivity contribution in [3.63, 3.8) is 0 Å².